The van der Waals surface area contributed by atoms with Crippen LogP contribution in [0.15, 0.2) is 77.7 Å². The van der Waals surface area contributed by atoms with Crippen LogP contribution in [-0.4, -0.2) is 25.2 Å². The van der Waals surface area contributed by atoms with Gasteiger partial charge in [-0.1, -0.05) is 59.6 Å². The predicted molar refractivity (Wildman–Crippen MR) is 121 cm³/mol. The van der Waals surface area contributed by atoms with Crippen LogP contribution >= 0.6 is 23.2 Å². The molecule has 1 amide bonds. The first-order valence-corrected chi connectivity index (χ1v) is 11.6. The Morgan fingerprint density at radius 2 is 1.58 bits per heavy atom. The molecule has 5 nitrogen and oxygen atoms in total. The van der Waals surface area contributed by atoms with Crippen LogP contribution in [-0.2, 0) is 27.5 Å². The number of hydrogen-bond acceptors (Lipinski definition) is 3. The van der Waals surface area contributed by atoms with Gasteiger partial charge in [0.25, 0.3) is 0 Å². The average molecular weight is 517 g/mol. The molecule has 0 unspecified atom stereocenters. The monoisotopic (exact) mass is 516 g/mol. The summed E-state index contributed by atoms with van der Waals surface area (Å²) in [6, 6.07) is 16.2. The van der Waals surface area contributed by atoms with E-state index >= 15 is 0 Å². The molecule has 174 valence electrons. The fraction of sp³-hybridized carbons (Fsp3) is 0.136. The van der Waals surface area contributed by atoms with Crippen LogP contribution in [0.2, 0.25) is 10.0 Å². The van der Waals surface area contributed by atoms with Crippen molar-refractivity contribution in [3.05, 3.63) is 94.0 Å². The Labute approximate surface area is 198 Å². The molecule has 0 bridgehead atoms. The maximum Gasteiger partial charge on any atom is 0.418 e. The molecule has 33 heavy (non-hydrogen) atoms. The zero-order valence-corrected chi connectivity index (χ0v) is 19.1. The van der Waals surface area contributed by atoms with Gasteiger partial charge in [0.1, 0.15) is 0 Å². The van der Waals surface area contributed by atoms with Crippen molar-refractivity contribution in [2.75, 3.05) is 11.9 Å². The van der Waals surface area contributed by atoms with Crippen LogP contribution in [0.4, 0.5) is 18.9 Å². The van der Waals surface area contributed by atoms with E-state index in [4.69, 9.17) is 23.2 Å². The average Bonchev–Trinajstić information content (AvgIpc) is 2.75. The molecule has 0 heterocycles. The number of benzene rings is 3. The number of alkyl halides is 3. The highest BCUT2D eigenvalue weighted by atomic mass is 35.5. The summed E-state index contributed by atoms with van der Waals surface area (Å²) in [6.45, 7) is -1.05. The minimum Gasteiger partial charge on any atom is -0.324 e. The minimum absolute atomic E-state index is 0.0847. The largest absolute Gasteiger partial charge is 0.418 e. The minimum atomic E-state index is -4.70. The first-order chi connectivity index (χ1) is 15.5. The third kappa shape index (κ3) is 6.26. The molecule has 11 heteroatoms. The molecule has 0 fully saturated rings. The van der Waals surface area contributed by atoms with Crippen LogP contribution in [0.25, 0.3) is 0 Å². The summed E-state index contributed by atoms with van der Waals surface area (Å²) in [5, 5.41) is 2.68. The van der Waals surface area contributed by atoms with E-state index in [0.29, 0.717) is 10.6 Å². The van der Waals surface area contributed by atoms with Gasteiger partial charge in [0.2, 0.25) is 15.9 Å². The Hall–Kier alpha value is -2.59. The molecule has 3 aromatic rings. The van der Waals surface area contributed by atoms with Crippen LogP contribution in [0, 0.1) is 0 Å². The van der Waals surface area contributed by atoms with Gasteiger partial charge in [-0.3, -0.25) is 4.79 Å². The highest BCUT2D eigenvalue weighted by Crippen LogP contribution is 2.34. The molecule has 0 radical (unpaired) electrons. The number of sulfonamides is 1. The summed E-state index contributed by atoms with van der Waals surface area (Å²) in [5.74, 6) is -0.948. The lowest BCUT2D eigenvalue weighted by Gasteiger charge is -2.23. The van der Waals surface area contributed by atoms with Crippen molar-refractivity contribution in [1.82, 2.24) is 4.31 Å². The van der Waals surface area contributed by atoms with Crippen molar-refractivity contribution in [2.24, 2.45) is 0 Å². The van der Waals surface area contributed by atoms with Gasteiger partial charge in [0.15, 0.2) is 0 Å². The van der Waals surface area contributed by atoms with Gasteiger partial charge in [0.05, 0.1) is 22.7 Å². The van der Waals surface area contributed by atoms with Crippen molar-refractivity contribution in [2.45, 2.75) is 17.6 Å². The van der Waals surface area contributed by atoms with E-state index in [-0.39, 0.29) is 16.5 Å². The van der Waals surface area contributed by atoms with E-state index in [0.717, 1.165) is 16.4 Å². The number of anilines is 1. The molecular weight excluding hydrogens is 500 g/mol. The fourth-order valence-electron chi connectivity index (χ4n) is 3.00. The zero-order valence-electron chi connectivity index (χ0n) is 16.8. The third-order valence-electron chi connectivity index (χ3n) is 4.57. The van der Waals surface area contributed by atoms with Crippen molar-refractivity contribution in [1.29, 1.82) is 0 Å². The molecule has 3 aromatic carbocycles. The molecule has 0 aromatic heterocycles. The number of nitrogens with zero attached hydrogens (tertiary/aromatic N) is 1. The van der Waals surface area contributed by atoms with Gasteiger partial charge >= 0.3 is 6.18 Å². The number of hydrogen-bond donors (Lipinski definition) is 1. The summed E-state index contributed by atoms with van der Waals surface area (Å²) < 4.78 is 67.0. The van der Waals surface area contributed by atoms with E-state index in [2.05, 4.69) is 5.32 Å². The van der Waals surface area contributed by atoms with E-state index in [1.54, 1.807) is 6.07 Å². The van der Waals surface area contributed by atoms with Gasteiger partial charge in [-0.15, -0.1) is 0 Å². The fourth-order valence-corrected chi connectivity index (χ4v) is 4.86. The molecule has 1 N–H and O–H groups in total. The van der Waals surface area contributed by atoms with E-state index in [9.17, 15) is 26.4 Å². The summed E-state index contributed by atoms with van der Waals surface area (Å²) in [4.78, 5) is 12.6. The number of carbonyl (C=O) groups excluding carboxylic acids is 1. The molecule has 0 aliphatic heterocycles. The number of nitrogens with one attached hydrogen (secondary N) is 1. The lowest BCUT2D eigenvalue weighted by molar-refractivity contribution is -0.137. The highest BCUT2D eigenvalue weighted by molar-refractivity contribution is 7.89. The molecule has 0 saturated carbocycles. The Bertz CT molecular complexity index is 1250. The maximum absolute atomic E-state index is 13.3. The summed E-state index contributed by atoms with van der Waals surface area (Å²) in [7, 11) is -4.19. The Balaban J connectivity index is 1.93. The lowest BCUT2D eigenvalue weighted by Crippen LogP contribution is -2.37. The van der Waals surface area contributed by atoms with Crippen molar-refractivity contribution >= 4 is 44.8 Å². The third-order valence-corrected chi connectivity index (χ3v) is 6.96. The van der Waals surface area contributed by atoms with Crippen LogP contribution in [0.3, 0.4) is 0 Å². The van der Waals surface area contributed by atoms with Crippen molar-refractivity contribution < 1.29 is 26.4 Å². The second-order valence-electron chi connectivity index (χ2n) is 6.91. The van der Waals surface area contributed by atoms with Crippen molar-refractivity contribution in [3.8, 4) is 0 Å². The Morgan fingerprint density at radius 1 is 0.939 bits per heavy atom. The van der Waals surface area contributed by atoms with Gasteiger partial charge in [0, 0.05) is 16.6 Å². The standard InChI is InChI=1S/C22H17Cl2F3N2O3S/c23-16-11-10-15(19(24)12-16)13-29(33(31,32)17-6-2-1-3-7-17)14-21(30)28-20-9-5-4-8-18(20)22(25,26)27/h1-12H,13-14H2,(H,28,30). The second kappa shape index (κ2) is 10.1. The van der Waals surface area contributed by atoms with E-state index in [1.165, 1.54) is 54.6 Å². The Kier molecular flexibility index (Phi) is 7.69. The number of rotatable bonds is 7. The SMILES string of the molecule is O=C(CN(Cc1ccc(Cl)cc1Cl)S(=O)(=O)c1ccccc1)Nc1ccccc1C(F)(F)F. The summed E-state index contributed by atoms with van der Waals surface area (Å²) >= 11 is 12.1. The number of amides is 1. The molecule has 3 rings (SSSR count). The highest BCUT2D eigenvalue weighted by Gasteiger charge is 2.34. The summed E-state index contributed by atoms with van der Waals surface area (Å²) in [6.07, 6.45) is -4.70. The lowest BCUT2D eigenvalue weighted by atomic mass is 10.1. The number of carbonyl (C=O) groups is 1. The Morgan fingerprint density at radius 3 is 2.21 bits per heavy atom. The number of para-hydroxylation sites is 1. The van der Waals surface area contributed by atoms with Gasteiger partial charge in [-0.05, 0) is 42.0 Å². The molecule has 0 spiro atoms. The van der Waals surface area contributed by atoms with Gasteiger partial charge < -0.3 is 5.32 Å². The van der Waals surface area contributed by atoms with Gasteiger partial charge in [-0.2, -0.15) is 17.5 Å². The predicted octanol–water partition coefficient (Wildman–Crippen LogP) is 5.84. The van der Waals surface area contributed by atoms with Crippen LogP contribution in [0.5, 0.6) is 0 Å². The molecule has 0 atom stereocenters. The first-order valence-electron chi connectivity index (χ1n) is 9.43. The normalized spacial score (nSPS) is 12.1. The molecule has 0 saturated heterocycles. The zero-order chi connectivity index (χ0) is 24.2. The van der Waals surface area contributed by atoms with E-state index in [1.807, 2.05) is 0 Å². The van der Waals surface area contributed by atoms with Crippen molar-refractivity contribution in [3.63, 3.8) is 0 Å². The molecule has 0 aliphatic rings. The topological polar surface area (TPSA) is 66.5 Å². The quantitative estimate of drug-likeness (QED) is 0.428. The van der Waals surface area contributed by atoms with Gasteiger partial charge in [-0.25, -0.2) is 8.42 Å². The smallest absolute Gasteiger partial charge is 0.324 e. The van der Waals surface area contributed by atoms with E-state index < -0.39 is 39.9 Å². The molecular formula is C22H17Cl2F3N2O3S. The van der Waals surface area contributed by atoms with Crippen LogP contribution in [0.1, 0.15) is 11.1 Å². The molecule has 0 aliphatic carbocycles. The first kappa shape index (κ1) is 25.0. The number of halogens is 5. The maximum atomic E-state index is 13.3. The second-order valence-corrected chi connectivity index (χ2v) is 9.69. The van der Waals surface area contributed by atoms with Crippen LogP contribution < -0.4 is 5.32 Å². The summed E-state index contributed by atoms with van der Waals surface area (Å²) in [5.41, 5.74) is -1.16.